The van der Waals surface area contributed by atoms with Gasteiger partial charge >= 0.3 is 11.9 Å². The lowest BCUT2D eigenvalue weighted by molar-refractivity contribution is -0.144. The minimum atomic E-state index is -0.995. The molecule has 184 valence electrons. The lowest BCUT2D eigenvalue weighted by Crippen LogP contribution is -2.19. The van der Waals surface area contributed by atoms with Crippen LogP contribution in [0, 0.1) is 19.3 Å². The molecule has 3 aromatic rings. The molecular weight excluding hydrogens is 440 g/mol. The van der Waals surface area contributed by atoms with Crippen LogP contribution in [0.2, 0.25) is 0 Å². The van der Waals surface area contributed by atoms with Crippen LogP contribution in [0.15, 0.2) is 48.5 Å². The van der Waals surface area contributed by atoms with Crippen molar-refractivity contribution in [3.63, 3.8) is 0 Å². The molecule has 0 saturated heterocycles. The average Bonchev–Trinajstić information content (AvgIpc) is 2.79. The van der Waals surface area contributed by atoms with Crippen LogP contribution in [0.1, 0.15) is 64.8 Å². The van der Waals surface area contributed by atoms with E-state index in [1.54, 1.807) is 12.1 Å². The minimum absolute atomic E-state index is 0.0323. The number of aryl methyl sites for hydroxylation is 2. The fraction of sp³-hybridized carbons (Fsp3) is 0.345. The first-order valence-corrected chi connectivity index (χ1v) is 11.7. The number of carboxylic acid groups (broad SMARTS) is 1. The lowest BCUT2D eigenvalue weighted by Gasteiger charge is -2.24. The quantitative estimate of drug-likeness (QED) is 0.424. The Hall–Kier alpha value is -3.51. The van der Waals surface area contributed by atoms with Gasteiger partial charge in [-0.25, -0.2) is 4.79 Å². The number of nitrogens with zero attached hydrogens (tertiary/aromatic N) is 1. The summed E-state index contributed by atoms with van der Waals surface area (Å²) in [5, 5.41) is 9.04. The number of carboxylic acids is 1. The van der Waals surface area contributed by atoms with E-state index in [0.29, 0.717) is 6.54 Å². The van der Waals surface area contributed by atoms with Gasteiger partial charge in [-0.05, 0) is 65.6 Å². The van der Waals surface area contributed by atoms with Crippen LogP contribution in [0.4, 0.5) is 0 Å². The minimum Gasteiger partial charge on any atom is -0.478 e. The van der Waals surface area contributed by atoms with Gasteiger partial charge in [0.15, 0.2) is 0 Å². The number of aromatic nitrogens is 1. The van der Waals surface area contributed by atoms with Crippen LogP contribution in [0.25, 0.3) is 11.1 Å². The fourth-order valence-corrected chi connectivity index (χ4v) is 4.10. The van der Waals surface area contributed by atoms with E-state index in [1.165, 1.54) is 12.1 Å². The van der Waals surface area contributed by atoms with Crippen molar-refractivity contribution in [1.82, 2.24) is 4.98 Å². The summed E-state index contributed by atoms with van der Waals surface area (Å²) < 4.78 is 5.54. The number of benzene rings is 2. The zero-order valence-corrected chi connectivity index (χ0v) is 21.1. The van der Waals surface area contributed by atoms with Gasteiger partial charge in [-0.1, -0.05) is 62.7 Å². The first-order chi connectivity index (χ1) is 16.5. The number of rotatable bonds is 8. The normalized spacial score (nSPS) is 11.4. The smallest absolute Gasteiger partial charge is 0.335 e. The molecule has 0 bridgehead atoms. The molecule has 0 saturated carbocycles. The summed E-state index contributed by atoms with van der Waals surface area (Å²) in [6.45, 7) is 10.9. The van der Waals surface area contributed by atoms with E-state index in [4.69, 9.17) is 20.6 Å². The molecule has 35 heavy (non-hydrogen) atoms. The molecule has 0 atom stereocenters. The highest BCUT2D eigenvalue weighted by molar-refractivity contribution is 5.87. The summed E-state index contributed by atoms with van der Waals surface area (Å²) in [6, 6.07) is 14.5. The Bertz CT molecular complexity index is 1210. The molecule has 6 heteroatoms. The second-order valence-electron chi connectivity index (χ2n) is 10.1. The molecule has 0 aliphatic rings. The zero-order valence-electron chi connectivity index (χ0n) is 21.1. The van der Waals surface area contributed by atoms with E-state index in [9.17, 15) is 9.59 Å². The van der Waals surface area contributed by atoms with Crippen molar-refractivity contribution in [1.29, 1.82) is 0 Å². The molecule has 0 aliphatic carbocycles. The van der Waals surface area contributed by atoms with Gasteiger partial charge in [-0.15, -0.1) is 0 Å². The van der Waals surface area contributed by atoms with E-state index in [2.05, 4.69) is 45.0 Å². The third-order valence-electron chi connectivity index (χ3n) is 5.86. The van der Waals surface area contributed by atoms with Crippen molar-refractivity contribution in [2.24, 2.45) is 11.1 Å². The molecule has 2 aromatic carbocycles. The molecule has 1 aromatic heterocycles. The van der Waals surface area contributed by atoms with Crippen LogP contribution in [-0.2, 0) is 35.5 Å². The molecule has 0 unspecified atom stereocenters. The Morgan fingerprint density at radius 1 is 0.971 bits per heavy atom. The van der Waals surface area contributed by atoms with Crippen molar-refractivity contribution >= 4 is 11.9 Å². The Morgan fingerprint density at radius 3 is 2.14 bits per heavy atom. The largest absolute Gasteiger partial charge is 0.478 e. The van der Waals surface area contributed by atoms with Gasteiger partial charge in [0.1, 0.15) is 6.61 Å². The lowest BCUT2D eigenvalue weighted by atomic mass is 9.84. The van der Waals surface area contributed by atoms with Gasteiger partial charge in [0, 0.05) is 17.9 Å². The van der Waals surface area contributed by atoms with Crippen molar-refractivity contribution in [2.75, 3.05) is 0 Å². The number of carbonyl (C=O) groups is 2. The molecule has 0 fully saturated rings. The van der Waals surface area contributed by atoms with Crippen LogP contribution < -0.4 is 5.73 Å². The van der Waals surface area contributed by atoms with Crippen molar-refractivity contribution in [3.8, 4) is 11.1 Å². The second-order valence-corrected chi connectivity index (χ2v) is 10.1. The van der Waals surface area contributed by atoms with E-state index >= 15 is 0 Å². The van der Waals surface area contributed by atoms with Gasteiger partial charge in [0.25, 0.3) is 0 Å². The highest BCUT2D eigenvalue weighted by Gasteiger charge is 2.23. The summed E-state index contributed by atoms with van der Waals surface area (Å²) >= 11 is 0. The maximum atomic E-state index is 12.9. The van der Waals surface area contributed by atoms with Gasteiger partial charge in [0.05, 0.1) is 12.0 Å². The number of hydrogen-bond donors (Lipinski definition) is 2. The van der Waals surface area contributed by atoms with Crippen molar-refractivity contribution < 1.29 is 19.4 Å². The first kappa shape index (κ1) is 26.1. The molecule has 3 rings (SSSR count). The molecule has 1 heterocycles. The fourth-order valence-electron chi connectivity index (χ4n) is 4.10. The molecule has 0 amide bonds. The Morgan fingerprint density at radius 2 is 1.60 bits per heavy atom. The third kappa shape index (κ3) is 6.76. The van der Waals surface area contributed by atoms with E-state index in [1.807, 2.05) is 13.8 Å². The first-order valence-electron chi connectivity index (χ1n) is 11.7. The number of pyridine rings is 1. The predicted octanol–water partition coefficient (Wildman–Crippen LogP) is 5.40. The summed E-state index contributed by atoms with van der Waals surface area (Å²) in [4.78, 5) is 28.8. The van der Waals surface area contributed by atoms with Gasteiger partial charge in [0.2, 0.25) is 0 Å². The van der Waals surface area contributed by atoms with Gasteiger partial charge in [-0.2, -0.15) is 0 Å². The number of esters is 1. The van der Waals surface area contributed by atoms with Crippen LogP contribution >= 0.6 is 0 Å². The monoisotopic (exact) mass is 474 g/mol. The van der Waals surface area contributed by atoms with Crippen LogP contribution in [0.3, 0.4) is 0 Å². The van der Waals surface area contributed by atoms with E-state index in [-0.39, 0.29) is 30.0 Å². The standard InChI is InChI=1S/C29H34N2O4/c1-18-6-10-21(11-7-18)27-23(19(2)31-25(24(27)16-30)15-29(3,4)5)14-26(32)35-17-20-8-12-22(13-9-20)28(33)34/h6-13H,14-17,30H2,1-5H3,(H,33,34). The van der Waals surface area contributed by atoms with E-state index in [0.717, 1.165) is 51.2 Å². The molecule has 3 N–H and O–H groups in total. The maximum absolute atomic E-state index is 12.9. The Kier molecular flexibility index (Phi) is 8.07. The number of hydrogen-bond acceptors (Lipinski definition) is 5. The zero-order chi connectivity index (χ0) is 25.8. The van der Waals surface area contributed by atoms with Crippen LogP contribution in [-0.4, -0.2) is 22.0 Å². The molecular formula is C29H34N2O4. The molecule has 0 radical (unpaired) electrons. The Labute approximate surface area is 207 Å². The van der Waals surface area contributed by atoms with Gasteiger partial charge < -0.3 is 15.6 Å². The summed E-state index contributed by atoms with van der Waals surface area (Å²) in [5.74, 6) is -1.37. The average molecular weight is 475 g/mol. The SMILES string of the molecule is Cc1ccc(-c2c(CC(=O)OCc3ccc(C(=O)O)cc3)c(C)nc(CC(C)(C)C)c2CN)cc1. The number of nitrogens with two attached hydrogens (primary N) is 1. The number of carbonyl (C=O) groups excluding carboxylic acids is 1. The third-order valence-corrected chi connectivity index (χ3v) is 5.86. The number of aromatic carboxylic acids is 1. The highest BCUT2D eigenvalue weighted by atomic mass is 16.5. The van der Waals surface area contributed by atoms with Crippen LogP contribution in [0.5, 0.6) is 0 Å². The van der Waals surface area contributed by atoms with Crippen molar-refractivity contribution in [3.05, 3.63) is 87.7 Å². The predicted molar refractivity (Wildman–Crippen MR) is 137 cm³/mol. The topological polar surface area (TPSA) is 103 Å². The molecule has 6 nitrogen and oxygen atoms in total. The Balaban J connectivity index is 1.94. The van der Waals surface area contributed by atoms with E-state index < -0.39 is 5.97 Å². The maximum Gasteiger partial charge on any atom is 0.335 e. The number of ether oxygens (including phenoxy) is 1. The summed E-state index contributed by atoms with van der Waals surface area (Å²) in [5.41, 5.74) is 13.8. The summed E-state index contributed by atoms with van der Waals surface area (Å²) in [7, 11) is 0. The van der Waals surface area contributed by atoms with Crippen molar-refractivity contribution in [2.45, 2.75) is 60.6 Å². The summed E-state index contributed by atoms with van der Waals surface area (Å²) in [6.07, 6.45) is 0.842. The second kappa shape index (κ2) is 10.8. The molecule has 0 aliphatic heterocycles. The van der Waals surface area contributed by atoms with Gasteiger partial charge in [-0.3, -0.25) is 9.78 Å². The highest BCUT2D eigenvalue weighted by Crippen LogP contribution is 2.34. The molecule has 0 spiro atoms.